The molecule has 2 saturated heterocycles. The summed E-state index contributed by atoms with van der Waals surface area (Å²) in [4.78, 5) is 14.2. The lowest BCUT2D eigenvalue weighted by molar-refractivity contribution is -0.142. The number of rotatable bonds is 2. The highest BCUT2D eigenvalue weighted by atomic mass is 16.5. The number of nitrogens with zero attached hydrogens (tertiary/aromatic N) is 4. The molecule has 1 aromatic rings. The molecule has 3 aliphatic rings. The van der Waals surface area contributed by atoms with Crippen LogP contribution in [0.1, 0.15) is 56.1 Å². The summed E-state index contributed by atoms with van der Waals surface area (Å²) in [6.45, 7) is 3.54. The Hall–Kier alpha value is -1.43. The SMILES string of the molecule is O=C1OCC[C@@H]1N1CCC[C@H](c2nnc3n2CCCCC3)C1. The van der Waals surface area contributed by atoms with Gasteiger partial charge in [0.25, 0.3) is 0 Å². The van der Waals surface area contributed by atoms with Crippen LogP contribution in [0, 0.1) is 0 Å². The van der Waals surface area contributed by atoms with E-state index in [0.29, 0.717) is 12.5 Å². The number of likely N-dealkylation sites (tertiary alicyclic amines) is 1. The Morgan fingerprint density at radius 1 is 1.05 bits per heavy atom. The smallest absolute Gasteiger partial charge is 0.323 e. The molecule has 0 N–H and O–H groups in total. The van der Waals surface area contributed by atoms with Gasteiger partial charge in [-0.05, 0) is 32.2 Å². The first-order chi connectivity index (χ1) is 10.8. The molecule has 0 amide bonds. The lowest BCUT2D eigenvalue weighted by Gasteiger charge is -2.34. The second-order valence-corrected chi connectivity index (χ2v) is 6.74. The van der Waals surface area contributed by atoms with E-state index >= 15 is 0 Å². The van der Waals surface area contributed by atoms with Crippen LogP contribution < -0.4 is 0 Å². The van der Waals surface area contributed by atoms with Gasteiger partial charge in [-0.25, -0.2) is 0 Å². The zero-order valence-corrected chi connectivity index (χ0v) is 13.0. The minimum atomic E-state index is -0.0410. The normalized spacial score (nSPS) is 29.9. The Morgan fingerprint density at radius 3 is 2.86 bits per heavy atom. The van der Waals surface area contributed by atoms with Crippen LogP contribution >= 0.6 is 0 Å². The number of piperidine rings is 1. The molecule has 0 spiro atoms. The van der Waals surface area contributed by atoms with Gasteiger partial charge in [-0.1, -0.05) is 6.42 Å². The van der Waals surface area contributed by atoms with Crippen LogP contribution in [-0.2, 0) is 22.5 Å². The molecule has 3 aliphatic heterocycles. The number of fused-ring (bicyclic) bond motifs is 1. The molecule has 6 nitrogen and oxygen atoms in total. The zero-order chi connectivity index (χ0) is 14.9. The van der Waals surface area contributed by atoms with Gasteiger partial charge < -0.3 is 9.30 Å². The summed E-state index contributed by atoms with van der Waals surface area (Å²) in [7, 11) is 0. The van der Waals surface area contributed by atoms with Gasteiger partial charge in [-0.2, -0.15) is 0 Å². The maximum atomic E-state index is 11.8. The summed E-state index contributed by atoms with van der Waals surface area (Å²) in [6.07, 6.45) is 7.90. The van der Waals surface area contributed by atoms with E-state index in [1.54, 1.807) is 0 Å². The fourth-order valence-electron chi connectivity index (χ4n) is 4.13. The van der Waals surface area contributed by atoms with Crippen LogP contribution in [0.2, 0.25) is 0 Å². The molecular weight excluding hydrogens is 280 g/mol. The molecule has 4 rings (SSSR count). The number of cyclic esters (lactones) is 1. The van der Waals surface area contributed by atoms with Crippen LogP contribution in [0.25, 0.3) is 0 Å². The van der Waals surface area contributed by atoms with Crippen molar-refractivity contribution in [3.8, 4) is 0 Å². The second-order valence-electron chi connectivity index (χ2n) is 6.74. The van der Waals surface area contributed by atoms with Gasteiger partial charge in [-0.15, -0.1) is 10.2 Å². The largest absolute Gasteiger partial charge is 0.464 e. The average Bonchev–Trinajstić information content (AvgIpc) is 3.07. The molecule has 0 aromatic carbocycles. The molecule has 22 heavy (non-hydrogen) atoms. The van der Waals surface area contributed by atoms with E-state index in [0.717, 1.165) is 57.0 Å². The molecule has 0 aliphatic carbocycles. The first kappa shape index (κ1) is 14.2. The van der Waals surface area contributed by atoms with Crippen LogP contribution in [0.3, 0.4) is 0 Å². The maximum absolute atomic E-state index is 11.8. The third kappa shape index (κ3) is 2.53. The van der Waals surface area contributed by atoms with E-state index in [4.69, 9.17) is 4.74 Å². The first-order valence-electron chi connectivity index (χ1n) is 8.65. The molecule has 0 saturated carbocycles. The number of carbonyl (C=O) groups is 1. The summed E-state index contributed by atoms with van der Waals surface area (Å²) in [5.41, 5.74) is 0. The van der Waals surface area contributed by atoms with E-state index < -0.39 is 0 Å². The Kier molecular flexibility index (Phi) is 3.86. The van der Waals surface area contributed by atoms with Crippen molar-refractivity contribution in [1.29, 1.82) is 0 Å². The number of ether oxygens (including phenoxy) is 1. The van der Waals surface area contributed by atoms with Gasteiger partial charge >= 0.3 is 5.97 Å². The fourth-order valence-corrected chi connectivity index (χ4v) is 4.13. The summed E-state index contributed by atoms with van der Waals surface area (Å²) >= 11 is 0. The Bertz CT molecular complexity index is 556. The summed E-state index contributed by atoms with van der Waals surface area (Å²) in [5, 5.41) is 8.95. The summed E-state index contributed by atoms with van der Waals surface area (Å²) in [6, 6.07) is -0.0330. The molecule has 0 radical (unpaired) electrons. The molecule has 4 heterocycles. The molecule has 2 atom stereocenters. The minimum Gasteiger partial charge on any atom is -0.464 e. The molecule has 6 heteroatoms. The van der Waals surface area contributed by atoms with Crippen LogP contribution in [0.5, 0.6) is 0 Å². The predicted molar refractivity (Wildman–Crippen MR) is 80.5 cm³/mol. The number of hydrogen-bond donors (Lipinski definition) is 0. The number of esters is 1. The number of aromatic nitrogens is 3. The molecule has 0 bridgehead atoms. The third-order valence-electron chi connectivity index (χ3n) is 5.30. The minimum absolute atomic E-state index is 0.0330. The van der Waals surface area contributed by atoms with E-state index in [1.807, 2.05) is 0 Å². The predicted octanol–water partition coefficient (Wildman–Crippen LogP) is 1.50. The van der Waals surface area contributed by atoms with Crippen molar-refractivity contribution < 1.29 is 9.53 Å². The first-order valence-corrected chi connectivity index (χ1v) is 8.65. The van der Waals surface area contributed by atoms with Crippen molar-refractivity contribution in [3.63, 3.8) is 0 Å². The van der Waals surface area contributed by atoms with Crippen molar-refractivity contribution >= 4 is 5.97 Å². The van der Waals surface area contributed by atoms with Crippen LogP contribution in [0.4, 0.5) is 0 Å². The van der Waals surface area contributed by atoms with Crippen molar-refractivity contribution in [3.05, 3.63) is 11.6 Å². The molecule has 2 fully saturated rings. The van der Waals surface area contributed by atoms with Crippen LogP contribution in [0.15, 0.2) is 0 Å². The van der Waals surface area contributed by atoms with E-state index in [9.17, 15) is 4.79 Å². The zero-order valence-electron chi connectivity index (χ0n) is 13.0. The highest BCUT2D eigenvalue weighted by Crippen LogP contribution is 2.30. The Labute approximate surface area is 130 Å². The van der Waals surface area contributed by atoms with Crippen molar-refractivity contribution in [2.45, 2.75) is 63.5 Å². The highest BCUT2D eigenvalue weighted by molar-refractivity contribution is 5.77. The Morgan fingerprint density at radius 2 is 2.00 bits per heavy atom. The van der Waals surface area contributed by atoms with Gasteiger partial charge in [-0.3, -0.25) is 9.69 Å². The number of hydrogen-bond acceptors (Lipinski definition) is 5. The standard InChI is InChI=1S/C16H24N4O2/c21-16-13(7-10-22-16)19-8-4-5-12(11-19)15-18-17-14-6-2-1-3-9-20(14)15/h12-13H,1-11H2/t12-,13-/m0/s1. The maximum Gasteiger partial charge on any atom is 0.323 e. The van der Waals surface area contributed by atoms with Crippen molar-refractivity contribution in [1.82, 2.24) is 19.7 Å². The lowest BCUT2D eigenvalue weighted by Crippen LogP contribution is -2.44. The van der Waals surface area contributed by atoms with Gasteiger partial charge in [0.15, 0.2) is 0 Å². The van der Waals surface area contributed by atoms with E-state index in [1.165, 1.54) is 19.3 Å². The summed E-state index contributed by atoms with van der Waals surface area (Å²) < 4.78 is 7.49. The average molecular weight is 304 g/mol. The highest BCUT2D eigenvalue weighted by Gasteiger charge is 2.36. The molecule has 0 unspecified atom stereocenters. The monoisotopic (exact) mass is 304 g/mol. The fraction of sp³-hybridized carbons (Fsp3) is 0.812. The molecule has 1 aromatic heterocycles. The van der Waals surface area contributed by atoms with Gasteiger partial charge in [0.1, 0.15) is 17.7 Å². The number of aryl methyl sites for hydroxylation is 1. The van der Waals surface area contributed by atoms with E-state index in [2.05, 4.69) is 19.7 Å². The van der Waals surface area contributed by atoms with Gasteiger partial charge in [0.2, 0.25) is 0 Å². The van der Waals surface area contributed by atoms with Gasteiger partial charge in [0.05, 0.1) is 6.61 Å². The van der Waals surface area contributed by atoms with Crippen LogP contribution in [-0.4, -0.2) is 51.4 Å². The third-order valence-corrected chi connectivity index (χ3v) is 5.30. The lowest BCUT2D eigenvalue weighted by atomic mass is 9.95. The van der Waals surface area contributed by atoms with Gasteiger partial charge in [0, 0.05) is 31.8 Å². The quantitative estimate of drug-likeness (QED) is 0.775. The molecular formula is C16H24N4O2. The Balaban J connectivity index is 1.53. The second kappa shape index (κ2) is 5.99. The van der Waals surface area contributed by atoms with E-state index in [-0.39, 0.29) is 12.0 Å². The number of carbonyl (C=O) groups excluding carboxylic acids is 1. The topological polar surface area (TPSA) is 60.2 Å². The van der Waals surface area contributed by atoms with Crippen molar-refractivity contribution in [2.24, 2.45) is 0 Å². The molecule has 120 valence electrons. The van der Waals surface area contributed by atoms with Crippen molar-refractivity contribution in [2.75, 3.05) is 19.7 Å². The summed E-state index contributed by atoms with van der Waals surface area (Å²) in [5.74, 6) is 2.67.